The molecule has 2 N–H and O–H groups in total. The Balaban J connectivity index is 1.38. The van der Waals surface area contributed by atoms with Crippen LogP contribution in [0.4, 0.5) is 0 Å². The van der Waals surface area contributed by atoms with Crippen molar-refractivity contribution in [2.45, 2.75) is 46.4 Å². The van der Waals surface area contributed by atoms with Crippen LogP contribution in [0, 0.1) is 10.8 Å². The Kier molecular flexibility index (Phi) is 6.09. The molecule has 0 bridgehead atoms. The zero-order valence-corrected chi connectivity index (χ0v) is 19.2. The van der Waals surface area contributed by atoms with Crippen LogP contribution in [0.1, 0.15) is 43.6 Å². The molecule has 0 unspecified atom stereocenters. The maximum atomic E-state index is 13.0. The second-order valence-corrected chi connectivity index (χ2v) is 10.1. The standard InChI is InChI=1S/C26H35N3O2/c1-25(2)23(26(3,4)24(25)31-21-8-6-5-7-9-21)28-22(30)20-12-10-19(11-13-20)18-29-16-14-27-15-17-29/h5-13,23-24,27H,14-18H2,1-4H3,(H,28,30)/t23-,24-. The van der Waals surface area contributed by atoms with Crippen molar-refractivity contribution >= 4 is 5.91 Å². The SMILES string of the molecule is CC1(C)[C@H](NC(=O)c2ccc(CN3CCNCC3)cc2)C(C)(C)[C@H]1Oc1ccccc1. The number of nitrogens with zero attached hydrogens (tertiary/aromatic N) is 1. The molecular weight excluding hydrogens is 386 g/mol. The Morgan fingerprint density at radius 1 is 1.00 bits per heavy atom. The van der Waals surface area contributed by atoms with Crippen LogP contribution in [-0.4, -0.2) is 49.1 Å². The molecule has 31 heavy (non-hydrogen) atoms. The van der Waals surface area contributed by atoms with E-state index < -0.39 is 0 Å². The third-order valence-corrected chi connectivity index (χ3v) is 6.94. The van der Waals surface area contributed by atoms with Gasteiger partial charge >= 0.3 is 0 Å². The molecule has 1 saturated heterocycles. The molecule has 166 valence electrons. The Labute approximate surface area is 186 Å². The molecule has 1 heterocycles. The van der Waals surface area contributed by atoms with Gasteiger partial charge in [0.25, 0.3) is 5.91 Å². The van der Waals surface area contributed by atoms with Gasteiger partial charge in [0.15, 0.2) is 0 Å². The quantitative estimate of drug-likeness (QED) is 0.747. The summed E-state index contributed by atoms with van der Waals surface area (Å²) in [5, 5.41) is 6.67. The van der Waals surface area contributed by atoms with Gasteiger partial charge in [-0.3, -0.25) is 9.69 Å². The van der Waals surface area contributed by atoms with E-state index in [1.165, 1.54) is 5.56 Å². The van der Waals surface area contributed by atoms with Crippen LogP contribution in [0.3, 0.4) is 0 Å². The minimum atomic E-state index is -0.169. The minimum Gasteiger partial charge on any atom is -0.489 e. The average Bonchev–Trinajstić information content (AvgIpc) is 2.77. The van der Waals surface area contributed by atoms with E-state index in [2.05, 4.69) is 55.4 Å². The second kappa shape index (κ2) is 8.64. The van der Waals surface area contributed by atoms with E-state index in [0.717, 1.165) is 38.5 Å². The first-order valence-corrected chi connectivity index (χ1v) is 11.3. The molecule has 0 radical (unpaired) electrons. The van der Waals surface area contributed by atoms with E-state index in [1.807, 2.05) is 42.5 Å². The monoisotopic (exact) mass is 421 g/mol. The number of nitrogens with one attached hydrogen (secondary N) is 2. The van der Waals surface area contributed by atoms with E-state index in [0.29, 0.717) is 5.56 Å². The van der Waals surface area contributed by atoms with Crippen LogP contribution in [0.5, 0.6) is 5.75 Å². The van der Waals surface area contributed by atoms with Gasteiger partial charge in [-0.15, -0.1) is 0 Å². The first-order valence-electron chi connectivity index (χ1n) is 11.3. The lowest BCUT2D eigenvalue weighted by Gasteiger charge is -2.63. The zero-order valence-electron chi connectivity index (χ0n) is 19.2. The number of benzene rings is 2. The van der Waals surface area contributed by atoms with Crippen LogP contribution in [0.25, 0.3) is 0 Å². The van der Waals surface area contributed by atoms with Gasteiger partial charge in [0, 0.05) is 55.2 Å². The van der Waals surface area contributed by atoms with Crippen LogP contribution in [0.15, 0.2) is 54.6 Å². The normalized spacial score (nSPS) is 24.8. The summed E-state index contributed by atoms with van der Waals surface area (Å²) in [5.41, 5.74) is 1.62. The molecule has 2 aromatic rings. The number of carbonyl (C=O) groups is 1. The molecule has 4 rings (SSSR count). The van der Waals surface area contributed by atoms with Crippen LogP contribution in [0.2, 0.25) is 0 Å². The van der Waals surface area contributed by atoms with Crippen molar-refractivity contribution in [3.8, 4) is 5.75 Å². The highest BCUT2D eigenvalue weighted by atomic mass is 16.5. The summed E-state index contributed by atoms with van der Waals surface area (Å²) in [4.78, 5) is 15.5. The van der Waals surface area contributed by atoms with Crippen LogP contribution >= 0.6 is 0 Å². The first kappa shape index (κ1) is 21.8. The number of ether oxygens (including phenoxy) is 1. The predicted octanol–water partition coefficient (Wildman–Crippen LogP) is 3.70. The van der Waals surface area contributed by atoms with E-state index in [9.17, 15) is 4.79 Å². The zero-order chi connectivity index (χ0) is 22.1. The summed E-state index contributed by atoms with van der Waals surface area (Å²) in [7, 11) is 0. The topological polar surface area (TPSA) is 53.6 Å². The number of amides is 1. The molecule has 5 heteroatoms. The third kappa shape index (κ3) is 4.48. The molecule has 5 nitrogen and oxygen atoms in total. The summed E-state index contributed by atoms with van der Waals surface area (Å²) in [6, 6.07) is 18.0. The van der Waals surface area contributed by atoms with Gasteiger partial charge in [0.2, 0.25) is 0 Å². The Morgan fingerprint density at radius 3 is 2.23 bits per heavy atom. The van der Waals surface area contributed by atoms with Gasteiger partial charge < -0.3 is 15.4 Å². The maximum Gasteiger partial charge on any atom is 0.251 e. The number of carbonyl (C=O) groups excluding carboxylic acids is 1. The van der Waals surface area contributed by atoms with Gasteiger partial charge in [-0.25, -0.2) is 0 Å². The molecule has 1 saturated carbocycles. The Hall–Kier alpha value is -2.37. The Bertz CT molecular complexity index is 871. The van der Waals surface area contributed by atoms with Gasteiger partial charge in [0.05, 0.1) is 0 Å². The summed E-state index contributed by atoms with van der Waals surface area (Å²) in [5.74, 6) is 0.858. The number of para-hydroxylation sites is 1. The van der Waals surface area contributed by atoms with Crippen molar-refractivity contribution in [1.82, 2.24) is 15.5 Å². The highest BCUT2D eigenvalue weighted by molar-refractivity contribution is 5.94. The fourth-order valence-corrected chi connectivity index (χ4v) is 5.54. The van der Waals surface area contributed by atoms with Crippen LogP contribution < -0.4 is 15.4 Å². The van der Waals surface area contributed by atoms with Crippen molar-refractivity contribution in [2.75, 3.05) is 26.2 Å². The first-order chi connectivity index (χ1) is 14.8. The molecule has 1 amide bonds. The van der Waals surface area contributed by atoms with Crippen molar-refractivity contribution < 1.29 is 9.53 Å². The molecule has 0 atom stereocenters. The molecule has 2 aromatic carbocycles. The van der Waals surface area contributed by atoms with Gasteiger partial charge in [-0.1, -0.05) is 58.0 Å². The van der Waals surface area contributed by atoms with Crippen molar-refractivity contribution in [1.29, 1.82) is 0 Å². The molecule has 0 aromatic heterocycles. The number of hydrogen-bond donors (Lipinski definition) is 2. The third-order valence-electron chi connectivity index (χ3n) is 6.94. The minimum absolute atomic E-state index is 0.0157. The van der Waals surface area contributed by atoms with E-state index >= 15 is 0 Å². The lowest BCUT2D eigenvalue weighted by Crippen LogP contribution is -2.74. The van der Waals surface area contributed by atoms with Crippen molar-refractivity contribution in [2.24, 2.45) is 10.8 Å². The molecular formula is C26H35N3O2. The lowest BCUT2D eigenvalue weighted by atomic mass is 9.49. The molecule has 2 aliphatic rings. The summed E-state index contributed by atoms with van der Waals surface area (Å²) >= 11 is 0. The van der Waals surface area contributed by atoms with E-state index in [-0.39, 0.29) is 28.9 Å². The Morgan fingerprint density at radius 2 is 1.61 bits per heavy atom. The van der Waals surface area contributed by atoms with Crippen molar-refractivity contribution in [3.63, 3.8) is 0 Å². The molecule has 2 fully saturated rings. The molecule has 1 aliphatic heterocycles. The lowest BCUT2D eigenvalue weighted by molar-refractivity contribution is -0.164. The summed E-state index contributed by atoms with van der Waals surface area (Å²) in [6.07, 6.45) is 0.0223. The van der Waals surface area contributed by atoms with E-state index in [4.69, 9.17) is 4.74 Å². The van der Waals surface area contributed by atoms with Crippen LogP contribution in [-0.2, 0) is 6.54 Å². The van der Waals surface area contributed by atoms with Gasteiger partial charge in [0.1, 0.15) is 11.9 Å². The average molecular weight is 422 g/mol. The van der Waals surface area contributed by atoms with Gasteiger partial charge in [-0.05, 0) is 29.8 Å². The highest BCUT2D eigenvalue weighted by Crippen LogP contribution is 2.55. The smallest absolute Gasteiger partial charge is 0.251 e. The fourth-order valence-electron chi connectivity index (χ4n) is 5.54. The fraction of sp³-hybridized carbons (Fsp3) is 0.500. The highest BCUT2D eigenvalue weighted by Gasteiger charge is 2.64. The largest absolute Gasteiger partial charge is 0.489 e. The maximum absolute atomic E-state index is 13.0. The molecule has 1 aliphatic carbocycles. The van der Waals surface area contributed by atoms with Crippen molar-refractivity contribution in [3.05, 3.63) is 65.7 Å². The summed E-state index contributed by atoms with van der Waals surface area (Å²) in [6.45, 7) is 13.9. The number of rotatable bonds is 6. The molecule has 0 spiro atoms. The van der Waals surface area contributed by atoms with Gasteiger partial charge in [-0.2, -0.15) is 0 Å². The second-order valence-electron chi connectivity index (χ2n) is 10.1. The van der Waals surface area contributed by atoms with E-state index in [1.54, 1.807) is 0 Å². The number of piperazine rings is 1. The number of hydrogen-bond acceptors (Lipinski definition) is 4. The predicted molar refractivity (Wildman–Crippen MR) is 124 cm³/mol. The summed E-state index contributed by atoms with van der Waals surface area (Å²) < 4.78 is 6.33.